The molecule has 1 aromatic carbocycles. The largest absolute Gasteiger partial charge is 0.393 e. The lowest BCUT2D eigenvalue weighted by molar-refractivity contribution is 0.0168. The van der Waals surface area contributed by atoms with Gasteiger partial charge in [0.1, 0.15) is 5.82 Å². The van der Waals surface area contributed by atoms with E-state index < -0.39 is 0 Å². The van der Waals surface area contributed by atoms with Crippen LogP contribution in [0.1, 0.15) is 44.6 Å². The first-order valence-corrected chi connectivity index (χ1v) is 11.6. The molecule has 7 nitrogen and oxygen atoms in total. The molecule has 32 heavy (non-hydrogen) atoms. The second-order valence-corrected chi connectivity index (χ2v) is 8.19. The molecular formula is C23H38FIN4O3. The average Bonchev–Trinajstić information content (AvgIpc) is 3.29. The fourth-order valence-corrected chi connectivity index (χ4v) is 3.90. The molecule has 1 unspecified atom stereocenters. The van der Waals surface area contributed by atoms with E-state index in [1.807, 2.05) is 24.0 Å². The van der Waals surface area contributed by atoms with Crippen LogP contribution >= 0.6 is 24.0 Å². The van der Waals surface area contributed by atoms with Crippen LogP contribution in [0, 0.1) is 5.82 Å². The number of halogens is 2. The van der Waals surface area contributed by atoms with E-state index in [0.717, 1.165) is 50.5 Å². The molecule has 1 aromatic rings. The molecule has 2 heterocycles. The Balaban J connectivity index is 0.00000363. The van der Waals surface area contributed by atoms with Gasteiger partial charge in [-0.15, -0.1) is 24.0 Å². The van der Waals surface area contributed by atoms with Crippen molar-refractivity contribution in [1.29, 1.82) is 0 Å². The summed E-state index contributed by atoms with van der Waals surface area (Å²) >= 11 is 0. The maximum absolute atomic E-state index is 14.6. The van der Waals surface area contributed by atoms with Crippen LogP contribution in [0.2, 0.25) is 0 Å². The van der Waals surface area contributed by atoms with Gasteiger partial charge in [-0.05, 0) is 56.7 Å². The number of nitrogens with zero attached hydrogens (tertiary/aromatic N) is 2. The van der Waals surface area contributed by atoms with Gasteiger partial charge in [0.25, 0.3) is 0 Å². The highest BCUT2D eigenvalue weighted by Gasteiger charge is 2.19. The van der Waals surface area contributed by atoms with Gasteiger partial charge in [-0.1, -0.05) is 6.07 Å². The number of benzene rings is 1. The Kier molecular flexibility index (Phi) is 12.6. The number of aliphatic hydroxyl groups is 1. The van der Waals surface area contributed by atoms with Gasteiger partial charge in [0.05, 0.1) is 31.0 Å². The van der Waals surface area contributed by atoms with Crippen LogP contribution in [0.15, 0.2) is 23.2 Å². The molecule has 0 aromatic heterocycles. The zero-order valence-corrected chi connectivity index (χ0v) is 21.4. The van der Waals surface area contributed by atoms with Crippen molar-refractivity contribution in [2.24, 2.45) is 4.99 Å². The smallest absolute Gasteiger partial charge is 0.191 e. The zero-order chi connectivity index (χ0) is 21.9. The molecular weight excluding hydrogens is 526 g/mol. The van der Waals surface area contributed by atoms with Crippen LogP contribution in [0.4, 0.5) is 10.1 Å². The van der Waals surface area contributed by atoms with Crippen molar-refractivity contribution < 1.29 is 19.0 Å². The summed E-state index contributed by atoms with van der Waals surface area (Å²) < 4.78 is 25.9. The summed E-state index contributed by atoms with van der Waals surface area (Å²) in [5.41, 5.74) is 1.43. The summed E-state index contributed by atoms with van der Waals surface area (Å²) in [5, 5.41) is 16.2. The Morgan fingerprint density at radius 1 is 1.28 bits per heavy atom. The Hall–Kier alpha value is -1.17. The van der Waals surface area contributed by atoms with Crippen molar-refractivity contribution in [3.8, 4) is 0 Å². The summed E-state index contributed by atoms with van der Waals surface area (Å²) in [6.45, 7) is 7.52. The monoisotopic (exact) mass is 564 g/mol. The first-order chi connectivity index (χ1) is 15.2. The first kappa shape index (κ1) is 27.1. The van der Waals surface area contributed by atoms with E-state index >= 15 is 0 Å². The van der Waals surface area contributed by atoms with Crippen molar-refractivity contribution in [2.45, 2.75) is 57.8 Å². The van der Waals surface area contributed by atoms with Crippen LogP contribution < -0.4 is 15.5 Å². The summed E-state index contributed by atoms with van der Waals surface area (Å²) in [6.07, 6.45) is 4.47. The summed E-state index contributed by atoms with van der Waals surface area (Å²) in [5.74, 6) is 0.488. The quantitative estimate of drug-likeness (QED) is 0.176. The number of rotatable bonds is 10. The Labute approximate surface area is 208 Å². The highest BCUT2D eigenvalue weighted by Crippen LogP contribution is 2.24. The van der Waals surface area contributed by atoms with Crippen LogP contribution in [0.25, 0.3) is 0 Å². The van der Waals surface area contributed by atoms with E-state index in [-0.39, 0.29) is 42.0 Å². The number of hydrogen-bond acceptors (Lipinski definition) is 5. The molecule has 0 saturated carbocycles. The van der Waals surface area contributed by atoms with Gasteiger partial charge in [0.15, 0.2) is 5.96 Å². The molecule has 0 bridgehead atoms. The molecule has 3 rings (SSSR count). The molecule has 2 aliphatic heterocycles. The minimum absolute atomic E-state index is 0. The van der Waals surface area contributed by atoms with Crippen molar-refractivity contribution in [2.75, 3.05) is 50.9 Å². The highest BCUT2D eigenvalue weighted by molar-refractivity contribution is 14.0. The zero-order valence-electron chi connectivity index (χ0n) is 19.0. The maximum atomic E-state index is 14.6. The lowest BCUT2D eigenvalue weighted by atomic mass is 10.1. The molecule has 2 fully saturated rings. The third kappa shape index (κ3) is 8.99. The van der Waals surface area contributed by atoms with Crippen LogP contribution in [-0.4, -0.2) is 69.3 Å². The summed E-state index contributed by atoms with van der Waals surface area (Å²) in [7, 11) is 0. The second-order valence-electron chi connectivity index (χ2n) is 8.19. The minimum atomic E-state index is -0.266. The summed E-state index contributed by atoms with van der Waals surface area (Å²) in [6, 6.07) is 5.31. The van der Waals surface area contributed by atoms with Gasteiger partial charge in [0.2, 0.25) is 0 Å². The number of anilines is 1. The van der Waals surface area contributed by atoms with E-state index in [9.17, 15) is 9.50 Å². The lowest BCUT2D eigenvalue weighted by Crippen LogP contribution is -2.38. The Bertz CT molecular complexity index is 696. The topological polar surface area (TPSA) is 78.4 Å². The molecule has 3 N–H and O–H groups in total. The van der Waals surface area contributed by atoms with Gasteiger partial charge in [-0.25, -0.2) is 9.38 Å². The minimum Gasteiger partial charge on any atom is -0.393 e. The maximum Gasteiger partial charge on any atom is 0.191 e. The van der Waals surface area contributed by atoms with Gasteiger partial charge < -0.3 is 30.1 Å². The molecule has 0 radical (unpaired) electrons. The third-order valence-corrected chi connectivity index (χ3v) is 5.67. The Morgan fingerprint density at radius 3 is 2.78 bits per heavy atom. The van der Waals surface area contributed by atoms with E-state index in [0.29, 0.717) is 51.4 Å². The van der Waals surface area contributed by atoms with Crippen molar-refractivity contribution >= 4 is 35.6 Å². The third-order valence-electron chi connectivity index (χ3n) is 5.67. The van der Waals surface area contributed by atoms with Crippen LogP contribution in [0.5, 0.6) is 0 Å². The molecule has 9 heteroatoms. The number of aliphatic hydroxyl groups excluding tert-OH is 1. The SMILES string of the molecule is CCNC(=NCc1ccc(N2CCC(O)CC2)c(F)c1)NCCCOCC1CCCO1.I. The van der Waals surface area contributed by atoms with E-state index in [2.05, 4.69) is 15.6 Å². The van der Waals surface area contributed by atoms with Crippen LogP contribution in [-0.2, 0) is 16.0 Å². The fourth-order valence-electron chi connectivity index (χ4n) is 3.90. The number of piperidine rings is 1. The van der Waals surface area contributed by atoms with Crippen molar-refractivity contribution in [3.05, 3.63) is 29.6 Å². The van der Waals surface area contributed by atoms with Crippen molar-refractivity contribution in [1.82, 2.24) is 10.6 Å². The van der Waals surface area contributed by atoms with Gasteiger partial charge in [-0.3, -0.25) is 0 Å². The van der Waals surface area contributed by atoms with Crippen LogP contribution in [0.3, 0.4) is 0 Å². The summed E-state index contributed by atoms with van der Waals surface area (Å²) in [4.78, 5) is 6.58. The van der Waals surface area contributed by atoms with Gasteiger partial charge in [-0.2, -0.15) is 0 Å². The lowest BCUT2D eigenvalue weighted by Gasteiger charge is -2.31. The fraction of sp³-hybridized carbons (Fsp3) is 0.696. The number of aliphatic imine (C=N–C) groups is 1. The number of nitrogens with one attached hydrogen (secondary N) is 2. The predicted octanol–water partition coefficient (Wildman–Crippen LogP) is 3.05. The first-order valence-electron chi connectivity index (χ1n) is 11.6. The van der Waals surface area contributed by atoms with E-state index in [4.69, 9.17) is 9.47 Å². The molecule has 0 amide bonds. The van der Waals surface area contributed by atoms with Gasteiger partial charge in [0, 0.05) is 39.4 Å². The standard InChI is InChI=1S/C23H37FN4O3.HI/c1-2-25-23(26-10-4-13-30-17-20-5-3-14-31-20)27-16-18-6-7-22(21(24)15-18)28-11-8-19(29)9-12-28;/h6-7,15,19-20,29H,2-5,8-14,16-17H2,1H3,(H2,25,26,27);1H. The second kappa shape index (κ2) is 14.9. The number of guanidine groups is 1. The number of ether oxygens (including phenoxy) is 2. The predicted molar refractivity (Wildman–Crippen MR) is 136 cm³/mol. The highest BCUT2D eigenvalue weighted by atomic mass is 127. The molecule has 0 spiro atoms. The Morgan fingerprint density at radius 2 is 2.09 bits per heavy atom. The van der Waals surface area contributed by atoms with E-state index in [1.54, 1.807) is 6.07 Å². The average molecular weight is 564 g/mol. The molecule has 2 aliphatic rings. The van der Waals surface area contributed by atoms with Gasteiger partial charge >= 0.3 is 0 Å². The van der Waals surface area contributed by atoms with E-state index in [1.165, 1.54) is 0 Å². The molecule has 1 atom stereocenters. The normalized spacial score (nSPS) is 19.7. The van der Waals surface area contributed by atoms with Crippen molar-refractivity contribution in [3.63, 3.8) is 0 Å². The number of hydrogen-bond donors (Lipinski definition) is 3. The molecule has 182 valence electrons. The molecule has 2 saturated heterocycles. The molecule has 0 aliphatic carbocycles.